The maximum Gasteiger partial charge on any atom is 0.193 e. The fraction of sp³-hybridized carbons (Fsp3) is 0.667. The SMILES string of the molecule is CN=C(NCC1CN(C)CCN1C)N1CCC(c2cc(OC)cc(OC)c2)C1.I. The lowest BCUT2D eigenvalue weighted by Crippen LogP contribution is -2.55. The molecule has 0 radical (unpaired) electrons. The minimum Gasteiger partial charge on any atom is -0.497 e. The van der Waals surface area contributed by atoms with E-state index in [-0.39, 0.29) is 24.0 Å². The monoisotopic (exact) mass is 517 g/mol. The molecular formula is C21H36IN5O2. The lowest BCUT2D eigenvalue weighted by molar-refractivity contribution is 0.116. The molecule has 7 nitrogen and oxygen atoms in total. The topological polar surface area (TPSA) is 52.6 Å². The van der Waals surface area contributed by atoms with Gasteiger partial charge in [-0.3, -0.25) is 9.89 Å². The number of hydrogen-bond donors (Lipinski definition) is 1. The van der Waals surface area contributed by atoms with E-state index in [4.69, 9.17) is 9.47 Å². The van der Waals surface area contributed by atoms with E-state index in [0.717, 1.165) is 63.1 Å². The average Bonchev–Trinajstić information content (AvgIpc) is 3.20. The first kappa shape index (κ1) is 24.0. The maximum absolute atomic E-state index is 5.44. The number of piperazine rings is 1. The summed E-state index contributed by atoms with van der Waals surface area (Å²) in [5, 5.41) is 3.61. The zero-order chi connectivity index (χ0) is 20.1. The number of likely N-dealkylation sites (N-methyl/N-ethyl adjacent to an activating group) is 2. The van der Waals surface area contributed by atoms with Crippen LogP contribution in [0, 0.1) is 0 Å². The summed E-state index contributed by atoms with van der Waals surface area (Å²) in [6.07, 6.45) is 1.10. The predicted octanol–water partition coefficient (Wildman–Crippen LogP) is 1.93. The minimum atomic E-state index is 0. The average molecular weight is 517 g/mol. The first-order valence-corrected chi connectivity index (χ1v) is 10.1. The third kappa shape index (κ3) is 6.11. The summed E-state index contributed by atoms with van der Waals surface area (Å²) >= 11 is 0. The molecule has 0 spiro atoms. The smallest absolute Gasteiger partial charge is 0.193 e. The van der Waals surface area contributed by atoms with Crippen LogP contribution in [0.15, 0.2) is 23.2 Å². The fourth-order valence-electron chi connectivity index (χ4n) is 4.15. The molecule has 2 heterocycles. The molecule has 2 aliphatic rings. The van der Waals surface area contributed by atoms with Gasteiger partial charge in [0, 0.05) is 64.3 Å². The summed E-state index contributed by atoms with van der Waals surface area (Å²) in [5.41, 5.74) is 1.27. The van der Waals surface area contributed by atoms with Crippen molar-refractivity contribution in [3.63, 3.8) is 0 Å². The van der Waals surface area contributed by atoms with Crippen molar-refractivity contribution >= 4 is 29.9 Å². The Morgan fingerprint density at radius 3 is 2.38 bits per heavy atom. The molecule has 0 aromatic heterocycles. The largest absolute Gasteiger partial charge is 0.497 e. The molecule has 2 saturated heterocycles. The zero-order valence-electron chi connectivity index (χ0n) is 18.4. The molecule has 1 aromatic carbocycles. The number of rotatable bonds is 5. The molecule has 0 bridgehead atoms. The van der Waals surface area contributed by atoms with E-state index >= 15 is 0 Å². The van der Waals surface area contributed by atoms with Gasteiger partial charge in [-0.15, -0.1) is 24.0 Å². The third-order valence-electron chi connectivity index (χ3n) is 6.02. The molecule has 8 heteroatoms. The van der Waals surface area contributed by atoms with Crippen molar-refractivity contribution in [3.8, 4) is 11.5 Å². The van der Waals surface area contributed by atoms with Crippen LogP contribution in [0.4, 0.5) is 0 Å². The lowest BCUT2D eigenvalue weighted by atomic mass is 9.98. The van der Waals surface area contributed by atoms with Gasteiger partial charge in [-0.1, -0.05) is 0 Å². The van der Waals surface area contributed by atoms with Crippen molar-refractivity contribution in [1.29, 1.82) is 0 Å². The van der Waals surface area contributed by atoms with Crippen molar-refractivity contribution in [2.24, 2.45) is 4.99 Å². The molecule has 164 valence electrons. The van der Waals surface area contributed by atoms with Crippen molar-refractivity contribution in [3.05, 3.63) is 23.8 Å². The Bertz CT molecular complexity index is 665. The first-order valence-electron chi connectivity index (χ1n) is 10.1. The highest BCUT2D eigenvalue weighted by Crippen LogP contribution is 2.32. The summed E-state index contributed by atoms with van der Waals surface area (Å²) in [6.45, 7) is 6.22. The highest BCUT2D eigenvalue weighted by Gasteiger charge is 2.28. The van der Waals surface area contributed by atoms with E-state index in [1.165, 1.54) is 5.56 Å². The number of methoxy groups -OCH3 is 2. The van der Waals surface area contributed by atoms with Gasteiger partial charge in [0.05, 0.1) is 14.2 Å². The molecule has 29 heavy (non-hydrogen) atoms. The number of aliphatic imine (C=N–C) groups is 1. The third-order valence-corrected chi connectivity index (χ3v) is 6.02. The number of halogens is 1. The van der Waals surface area contributed by atoms with Crippen LogP contribution in [-0.2, 0) is 0 Å². The Kier molecular flexibility index (Phi) is 9.29. The van der Waals surface area contributed by atoms with Crippen molar-refractivity contribution < 1.29 is 9.47 Å². The Labute approximate surface area is 192 Å². The van der Waals surface area contributed by atoms with E-state index in [2.05, 4.69) is 51.2 Å². The summed E-state index contributed by atoms with van der Waals surface area (Å²) < 4.78 is 10.9. The van der Waals surface area contributed by atoms with Crippen LogP contribution in [0.1, 0.15) is 17.9 Å². The molecule has 1 N–H and O–H groups in total. The van der Waals surface area contributed by atoms with Crippen LogP contribution in [0.2, 0.25) is 0 Å². The van der Waals surface area contributed by atoms with E-state index in [1.807, 2.05) is 13.1 Å². The second-order valence-electron chi connectivity index (χ2n) is 7.90. The second-order valence-corrected chi connectivity index (χ2v) is 7.90. The van der Waals surface area contributed by atoms with Crippen molar-refractivity contribution in [2.75, 3.05) is 74.6 Å². The van der Waals surface area contributed by atoms with Gasteiger partial charge in [0.25, 0.3) is 0 Å². The molecule has 1 aromatic rings. The standard InChI is InChI=1S/C21H35N5O2.HI/c1-22-21(23-13-18-15-24(2)8-9-25(18)3)26-7-6-16(14-26)17-10-19(27-4)12-20(11-17)28-5;/h10-12,16,18H,6-9,13-15H2,1-5H3,(H,22,23);1H. The number of nitrogens with zero attached hydrogens (tertiary/aromatic N) is 4. The maximum atomic E-state index is 5.44. The Balaban J connectivity index is 0.00000300. The summed E-state index contributed by atoms with van der Waals surface area (Å²) in [4.78, 5) is 11.7. The molecule has 2 aliphatic heterocycles. The number of benzene rings is 1. The molecule has 0 amide bonds. The van der Waals surface area contributed by atoms with Gasteiger partial charge in [0.1, 0.15) is 11.5 Å². The molecule has 2 atom stereocenters. The van der Waals surface area contributed by atoms with Crippen molar-refractivity contribution in [1.82, 2.24) is 20.0 Å². The fourth-order valence-corrected chi connectivity index (χ4v) is 4.15. The minimum absolute atomic E-state index is 0. The van der Waals surface area contributed by atoms with Gasteiger partial charge in [-0.2, -0.15) is 0 Å². The molecule has 0 aliphatic carbocycles. The van der Waals surface area contributed by atoms with E-state index in [1.54, 1.807) is 14.2 Å². The summed E-state index contributed by atoms with van der Waals surface area (Å²) in [7, 11) is 9.68. The predicted molar refractivity (Wildman–Crippen MR) is 129 cm³/mol. The van der Waals surface area contributed by atoms with E-state index < -0.39 is 0 Å². The highest BCUT2D eigenvalue weighted by molar-refractivity contribution is 14.0. The Morgan fingerprint density at radius 2 is 1.76 bits per heavy atom. The van der Waals surface area contributed by atoms with E-state index in [9.17, 15) is 0 Å². The summed E-state index contributed by atoms with van der Waals surface area (Å²) in [6, 6.07) is 6.69. The first-order chi connectivity index (χ1) is 13.5. The molecular weight excluding hydrogens is 481 g/mol. The van der Waals surface area contributed by atoms with Crippen LogP contribution in [0.5, 0.6) is 11.5 Å². The van der Waals surface area contributed by atoms with Gasteiger partial charge in [0.2, 0.25) is 0 Å². The van der Waals surface area contributed by atoms with Gasteiger partial charge < -0.3 is 24.6 Å². The Hall–Kier alpha value is -1.26. The van der Waals surface area contributed by atoms with Gasteiger partial charge in [0.15, 0.2) is 5.96 Å². The quantitative estimate of drug-likeness (QED) is 0.366. The van der Waals surface area contributed by atoms with Crippen LogP contribution >= 0.6 is 24.0 Å². The molecule has 3 rings (SSSR count). The number of likely N-dealkylation sites (tertiary alicyclic amines) is 1. The molecule has 2 unspecified atom stereocenters. The van der Waals surface area contributed by atoms with Gasteiger partial charge in [-0.05, 0) is 38.2 Å². The van der Waals surface area contributed by atoms with Crippen LogP contribution in [-0.4, -0.2) is 101 Å². The van der Waals surface area contributed by atoms with Crippen LogP contribution in [0.3, 0.4) is 0 Å². The van der Waals surface area contributed by atoms with Gasteiger partial charge >= 0.3 is 0 Å². The number of hydrogen-bond acceptors (Lipinski definition) is 5. The lowest BCUT2D eigenvalue weighted by Gasteiger charge is -2.38. The van der Waals surface area contributed by atoms with Crippen molar-refractivity contribution in [2.45, 2.75) is 18.4 Å². The van der Waals surface area contributed by atoms with E-state index in [0.29, 0.717) is 12.0 Å². The number of ether oxygens (including phenoxy) is 2. The normalized spacial score (nSPS) is 23.6. The zero-order valence-corrected chi connectivity index (χ0v) is 20.7. The Morgan fingerprint density at radius 1 is 1.07 bits per heavy atom. The number of guanidine groups is 1. The molecule has 0 saturated carbocycles. The highest BCUT2D eigenvalue weighted by atomic mass is 127. The number of nitrogens with one attached hydrogen (secondary N) is 1. The molecule has 2 fully saturated rings. The second kappa shape index (κ2) is 11.2. The van der Waals surface area contributed by atoms with Gasteiger partial charge in [-0.25, -0.2) is 0 Å². The van der Waals surface area contributed by atoms with Crippen LogP contribution in [0.25, 0.3) is 0 Å². The van der Waals surface area contributed by atoms with Crippen LogP contribution < -0.4 is 14.8 Å². The summed E-state index contributed by atoms with van der Waals surface area (Å²) in [5.74, 6) is 3.14.